The fourth-order valence-electron chi connectivity index (χ4n) is 4.12. The summed E-state index contributed by atoms with van der Waals surface area (Å²) in [5.41, 5.74) is 4.05. The van der Waals surface area contributed by atoms with Crippen LogP contribution < -0.4 is 0 Å². The normalized spacial score (nSPS) is 23.4. The van der Waals surface area contributed by atoms with Gasteiger partial charge >= 0.3 is 0 Å². The summed E-state index contributed by atoms with van der Waals surface area (Å²) in [6.45, 7) is 11.3. The first-order chi connectivity index (χ1) is 11.5. The number of nitrogens with zero attached hydrogens (tertiary/aromatic N) is 1. The molecule has 24 heavy (non-hydrogen) atoms. The zero-order chi connectivity index (χ0) is 17.7. The van der Waals surface area contributed by atoms with Crippen molar-refractivity contribution in [2.75, 3.05) is 0 Å². The molecule has 1 fully saturated rings. The first-order valence-corrected chi connectivity index (χ1v) is 10.5. The summed E-state index contributed by atoms with van der Waals surface area (Å²) in [6.07, 6.45) is 12.7. The van der Waals surface area contributed by atoms with Gasteiger partial charge in [0.05, 0.1) is 0 Å². The van der Waals surface area contributed by atoms with Gasteiger partial charge in [-0.1, -0.05) is 64.1 Å². The lowest BCUT2D eigenvalue weighted by molar-refractivity contribution is 0.432. The molecule has 1 aliphatic rings. The number of allylic oxidation sites excluding steroid dienone is 1. The molecule has 0 aromatic carbocycles. The lowest BCUT2D eigenvalue weighted by atomic mass is 9.98. The van der Waals surface area contributed by atoms with E-state index in [4.69, 9.17) is 11.6 Å². The smallest absolute Gasteiger partial charge is 0.0485 e. The third-order valence-corrected chi connectivity index (χ3v) is 6.58. The summed E-state index contributed by atoms with van der Waals surface area (Å²) >= 11 is 6.75. The highest BCUT2D eigenvalue weighted by Crippen LogP contribution is 2.42. The van der Waals surface area contributed by atoms with Crippen LogP contribution in [-0.4, -0.2) is 4.57 Å². The first kappa shape index (κ1) is 19.6. The van der Waals surface area contributed by atoms with Gasteiger partial charge < -0.3 is 4.57 Å². The van der Waals surface area contributed by atoms with Crippen molar-refractivity contribution in [2.45, 2.75) is 97.9 Å². The van der Waals surface area contributed by atoms with Gasteiger partial charge in [-0.25, -0.2) is 0 Å². The van der Waals surface area contributed by atoms with E-state index in [1.165, 1.54) is 61.8 Å². The number of unbranched alkanes of at least 4 members (excludes halogenated alkanes) is 1. The maximum absolute atomic E-state index is 6.75. The molecule has 0 N–H and O–H groups in total. The molecule has 0 aliphatic heterocycles. The van der Waals surface area contributed by atoms with Crippen LogP contribution in [0.1, 0.15) is 109 Å². The minimum absolute atomic E-state index is 0.558. The Morgan fingerprint density at radius 3 is 2.67 bits per heavy atom. The molecule has 1 heterocycles. The highest BCUT2D eigenvalue weighted by molar-refractivity contribution is 6.49. The first-order valence-electron chi connectivity index (χ1n) is 10.1. The molecule has 2 heteroatoms. The number of hydrogen-bond donors (Lipinski definition) is 0. The highest BCUT2D eigenvalue weighted by Gasteiger charge is 2.29. The second-order valence-electron chi connectivity index (χ2n) is 7.75. The Bertz CT molecular complexity index is 554. The Balaban J connectivity index is 2.30. The highest BCUT2D eigenvalue weighted by atomic mass is 35.5. The molecule has 0 spiro atoms. The number of rotatable bonds is 8. The van der Waals surface area contributed by atoms with E-state index in [1.807, 2.05) is 0 Å². The molecule has 0 radical (unpaired) electrons. The molecule has 1 saturated carbocycles. The standard InChI is InChI=1S/C22H36ClN/c1-6-9-10-18-11-12-19(15-18)24-14-13-20(21(23)16(4)7-2)22(24)17(5)8-3/h13-14,17-19H,6-12,15H2,1-5H3/b21-16-. The van der Waals surface area contributed by atoms with Crippen LogP contribution in [0.4, 0.5) is 0 Å². The molecule has 0 saturated heterocycles. The van der Waals surface area contributed by atoms with Crippen molar-refractivity contribution < 1.29 is 0 Å². The fourth-order valence-corrected chi connectivity index (χ4v) is 4.41. The SMILES string of the molecule is CCCCC1CCC(n2ccc(/C(Cl)=C(\C)CC)c2C(C)CC)C1. The van der Waals surface area contributed by atoms with Crippen LogP contribution in [0.2, 0.25) is 0 Å². The summed E-state index contributed by atoms with van der Waals surface area (Å²) in [7, 11) is 0. The monoisotopic (exact) mass is 349 g/mol. The van der Waals surface area contributed by atoms with Gasteiger partial charge in [0, 0.05) is 28.5 Å². The molecule has 136 valence electrons. The van der Waals surface area contributed by atoms with Gasteiger partial charge in [-0.15, -0.1) is 0 Å². The lowest BCUT2D eigenvalue weighted by Gasteiger charge is -2.22. The van der Waals surface area contributed by atoms with Crippen LogP contribution in [0.3, 0.4) is 0 Å². The summed E-state index contributed by atoms with van der Waals surface area (Å²) < 4.78 is 2.58. The Morgan fingerprint density at radius 2 is 2.04 bits per heavy atom. The predicted octanol–water partition coefficient (Wildman–Crippen LogP) is 7.91. The second kappa shape index (κ2) is 9.13. The Kier molecular flexibility index (Phi) is 7.47. The van der Waals surface area contributed by atoms with Crippen molar-refractivity contribution in [3.8, 4) is 0 Å². The molecule has 3 atom stereocenters. The van der Waals surface area contributed by atoms with E-state index >= 15 is 0 Å². The van der Waals surface area contributed by atoms with Gasteiger partial charge in [-0.2, -0.15) is 0 Å². The predicted molar refractivity (Wildman–Crippen MR) is 108 cm³/mol. The van der Waals surface area contributed by atoms with Gasteiger partial charge in [0.15, 0.2) is 0 Å². The van der Waals surface area contributed by atoms with Crippen LogP contribution in [-0.2, 0) is 0 Å². The van der Waals surface area contributed by atoms with Crippen molar-refractivity contribution in [3.63, 3.8) is 0 Å². The van der Waals surface area contributed by atoms with E-state index in [0.29, 0.717) is 12.0 Å². The van der Waals surface area contributed by atoms with Crippen molar-refractivity contribution in [3.05, 3.63) is 29.1 Å². The Morgan fingerprint density at radius 1 is 1.29 bits per heavy atom. The van der Waals surface area contributed by atoms with Crippen molar-refractivity contribution in [2.24, 2.45) is 5.92 Å². The summed E-state index contributed by atoms with van der Waals surface area (Å²) in [5, 5.41) is 0.979. The largest absolute Gasteiger partial charge is 0.347 e. The molecule has 1 aromatic rings. The number of hydrogen-bond acceptors (Lipinski definition) is 0. The molecule has 2 rings (SSSR count). The van der Waals surface area contributed by atoms with E-state index in [1.54, 1.807) is 0 Å². The number of halogens is 1. The van der Waals surface area contributed by atoms with Crippen molar-refractivity contribution >= 4 is 16.6 Å². The van der Waals surface area contributed by atoms with Crippen LogP contribution in [0.5, 0.6) is 0 Å². The summed E-state index contributed by atoms with van der Waals surface area (Å²) in [4.78, 5) is 0. The topological polar surface area (TPSA) is 4.93 Å². The third kappa shape index (κ3) is 4.28. The van der Waals surface area contributed by atoms with E-state index in [-0.39, 0.29) is 0 Å². The summed E-state index contributed by atoms with van der Waals surface area (Å²) in [5.74, 6) is 1.48. The van der Waals surface area contributed by atoms with Crippen LogP contribution in [0.25, 0.3) is 5.03 Å². The third-order valence-electron chi connectivity index (χ3n) is 6.05. The minimum atomic E-state index is 0.558. The maximum Gasteiger partial charge on any atom is 0.0485 e. The van der Waals surface area contributed by atoms with Gasteiger partial charge in [-0.05, 0) is 56.9 Å². The van der Waals surface area contributed by atoms with Gasteiger partial charge in [-0.3, -0.25) is 0 Å². The Labute approximate surface area is 154 Å². The van der Waals surface area contributed by atoms with Crippen LogP contribution in [0, 0.1) is 5.92 Å². The van der Waals surface area contributed by atoms with E-state index in [9.17, 15) is 0 Å². The minimum Gasteiger partial charge on any atom is -0.347 e. The average molecular weight is 350 g/mol. The zero-order valence-electron chi connectivity index (χ0n) is 16.4. The fraction of sp³-hybridized carbons (Fsp3) is 0.727. The van der Waals surface area contributed by atoms with Gasteiger partial charge in [0.25, 0.3) is 0 Å². The second-order valence-corrected chi connectivity index (χ2v) is 8.13. The molecular formula is C22H36ClN. The zero-order valence-corrected chi connectivity index (χ0v) is 17.1. The Hall–Kier alpha value is -0.690. The lowest BCUT2D eigenvalue weighted by Crippen LogP contribution is -2.11. The molecule has 1 nitrogen and oxygen atoms in total. The molecular weight excluding hydrogens is 314 g/mol. The number of aromatic nitrogens is 1. The van der Waals surface area contributed by atoms with Crippen LogP contribution in [0.15, 0.2) is 17.8 Å². The average Bonchev–Trinajstić information content (AvgIpc) is 3.24. The quantitative estimate of drug-likeness (QED) is 0.449. The summed E-state index contributed by atoms with van der Waals surface area (Å²) in [6, 6.07) is 2.94. The molecule has 0 amide bonds. The van der Waals surface area contributed by atoms with Crippen molar-refractivity contribution in [1.29, 1.82) is 0 Å². The molecule has 0 bridgehead atoms. The van der Waals surface area contributed by atoms with E-state index < -0.39 is 0 Å². The van der Waals surface area contributed by atoms with Gasteiger partial charge in [0.1, 0.15) is 0 Å². The van der Waals surface area contributed by atoms with E-state index in [0.717, 1.165) is 17.4 Å². The molecule has 1 aromatic heterocycles. The van der Waals surface area contributed by atoms with Crippen LogP contribution >= 0.6 is 11.6 Å². The molecule has 1 aliphatic carbocycles. The van der Waals surface area contributed by atoms with Gasteiger partial charge in [0.2, 0.25) is 0 Å². The van der Waals surface area contributed by atoms with Crippen molar-refractivity contribution in [1.82, 2.24) is 4.57 Å². The maximum atomic E-state index is 6.75. The molecule has 3 unspecified atom stereocenters. The van der Waals surface area contributed by atoms with E-state index in [2.05, 4.69) is 51.4 Å².